The van der Waals surface area contributed by atoms with Crippen LogP contribution in [-0.2, 0) is 24.1 Å². The van der Waals surface area contributed by atoms with Gasteiger partial charge in [-0.1, -0.05) is 6.42 Å². The number of ether oxygens (including phenoxy) is 1. The molecule has 8 heteroatoms. The third-order valence-electron chi connectivity index (χ3n) is 4.02. The topological polar surface area (TPSA) is 76.4 Å². The van der Waals surface area contributed by atoms with Gasteiger partial charge < -0.3 is 19.9 Å². The summed E-state index contributed by atoms with van der Waals surface area (Å²) in [7, 11) is 1.79. The van der Waals surface area contributed by atoms with E-state index in [1.165, 1.54) is 25.1 Å². The van der Waals surface area contributed by atoms with Crippen molar-refractivity contribution < 1.29 is 4.74 Å². The molecule has 1 aliphatic rings. The van der Waals surface area contributed by atoms with E-state index in [2.05, 4.69) is 30.4 Å². The highest BCUT2D eigenvalue weighted by molar-refractivity contribution is 14.0. The maximum absolute atomic E-state index is 5.30. The first-order chi connectivity index (χ1) is 11.3. The summed E-state index contributed by atoms with van der Waals surface area (Å²) in [6.45, 7) is 6.16. The number of hydrogen-bond acceptors (Lipinski definition) is 4. The quantitative estimate of drug-likeness (QED) is 0.273. The van der Waals surface area contributed by atoms with Gasteiger partial charge in [0.1, 0.15) is 11.6 Å². The predicted molar refractivity (Wildman–Crippen MR) is 107 cm³/mol. The Labute approximate surface area is 162 Å². The second-order valence-corrected chi connectivity index (χ2v) is 5.72. The van der Waals surface area contributed by atoms with Gasteiger partial charge in [-0.3, -0.25) is 4.99 Å². The Kier molecular flexibility index (Phi) is 11.0. The van der Waals surface area contributed by atoms with E-state index >= 15 is 0 Å². The van der Waals surface area contributed by atoms with Crippen molar-refractivity contribution >= 4 is 29.9 Å². The number of halogens is 1. The molecule has 24 heavy (non-hydrogen) atoms. The molecule has 7 nitrogen and oxygen atoms in total. The van der Waals surface area contributed by atoms with Gasteiger partial charge in [0.2, 0.25) is 0 Å². The number of aromatic nitrogens is 3. The Morgan fingerprint density at radius 1 is 1.21 bits per heavy atom. The van der Waals surface area contributed by atoms with Gasteiger partial charge in [0.25, 0.3) is 0 Å². The average Bonchev–Trinajstić information content (AvgIpc) is 2.80. The zero-order valence-corrected chi connectivity index (χ0v) is 17.2. The first kappa shape index (κ1) is 21.1. The van der Waals surface area contributed by atoms with Crippen molar-refractivity contribution in [1.29, 1.82) is 0 Å². The molecule has 1 aliphatic heterocycles. The lowest BCUT2D eigenvalue weighted by atomic mass is 10.2. The second-order valence-electron chi connectivity index (χ2n) is 5.72. The summed E-state index contributed by atoms with van der Waals surface area (Å²) in [5.41, 5.74) is 0. The molecule has 0 aliphatic carbocycles. The molecule has 0 unspecified atom stereocenters. The van der Waals surface area contributed by atoms with Crippen LogP contribution in [0.25, 0.3) is 0 Å². The minimum absolute atomic E-state index is 0. The Morgan fingerprint density at radius 2 is 2.04 bits per heavy atom. The van der Waals surface area contributed by atoms with E-state index in [1.54, 1.807) is 7.05 Å². The summed E-state index contributed by atoms with van der Waals surface area (Å²) < 4.78 is 7.62. The highest BCUT2D eigenvalue weighted by Crippen LogP contribution is 2.15. The number of rotatable bonds is 8. The molecule has 2 N–H and O–H groups in total. The lowest BCUT2D eigenvalue weighted by molar-refractivity contribution is 0.152. The molecular weight excluding hydrogens is 419 g/mol. The van der Waals surface area contributed by atoms with Crippen molar-refractivity contribution in [3.05, 3.63) is 11.6 Å². The van der Waals surface area contributed by atoms with Crippen LogP contribution in [0.1, 0.15) is 44.3 Å². The minimum atomic E-state index is 0. The van der Waals surface area contributed by atoms with Crippen LogP contribution in [0.15, 0.2) is 4.99 Å². The minimum Gasteiger partial charge on any atom is -0.380 e. The third-order valence-corrected chi connectivity index (χ3v) is 4.02. The number of guanidine groups is 1. The van der Waals surface area contributed by atoms with Gasteiger partial charge in [0.05, 0.1) is 6.61 Å². The summed E-state index contributed by atoms with van der Waals surface area (Å²) in [4.78, 5) is 4.21. The van der Waals surface area contributed by atoms with Gasteiger partial charge in [0, 0.05) is 46.1 Å². The maximum atomic E-state index is 5.30. The number of nitrogens with zero attached hydrogens (tertiary/aromatic N) is 4. The number of hydrogen-bond donors (Lipinski definition) is 2. The van der Waals surface area contributed by atoms with Crippen LogP contribution in [0.3, 0.4) is 0 Å². The van der Waals surface area contributed by atoms with Gasteiger partial charge >= 0.3 is 0 Å². The molecule has 2 heterocycles. The van der Waals surface area contributed by atoms with E-state index in [1.807, 2.05) is 6.92 Å². The fourth-order valence-corrected chi connectivity index (χ4v) is 2.79. The Hall–Kier alpha value is -0.900. The summed E-state index contributed by atoms with van der Waals surface area (Å²) in [6.07, 6.45) is 6.83. The van der Waals surface area contributed by atoms with Crippen molar-refractivity contribution in [2.24, 2.45) is 4.99 Å². The normalized spacial score (nSPS) is 14.5. The van der Waals surface area contributed by atoms with Crippen molar-refractivity contribution in [3.8, 4) is 0 Å². The SMILES string of the molecule is CCOCCNC(=NC)NCCCc1nnc2n1CCCCC2.I. The van der Waals surface area contributed by atoms with Gasteiger partial charge in [-0.2, -0.15) is 0 Å². The molecular formula is C16H31IN6O. The zero-order valence-electron chi connectivity index (χ0n) is 14.9. The highest BCUT2D eigenvalue weighted by Gasteiger charge is 2.14. The van der Waals surface area contributed by atoms with Crippen molar-refractivity contribution in [1.82, 2.24) is 25.4 Å². The fraction of sp³-hybridized carbons (Fsp3) is 0.812. The van der Waals surface area contributed by atoms with Crippen molar-refractivity contribution in [2.75, 3.05) is 33.4 Å². The molecule has 0 radical (unpaired) electrons. The second kappa shape index (κ2) is 12.5. The van der Waals surface area contributed by atoms with Crippen molar-refractivity contribution in [2.45, 2.75) is 52.0 Å². The number of aliphatic imine (C=N–C) groups is 1. The molecule has 0 aromatic carbocycles. The molecule has 1 aromatic heterocycles. The number of aryl methyl sites for hydroxylation is 2. The Morgan fingerprint density at radius 3 is 2.83 bits per heavy atom. The Balaban J connectivity index is 0.00000288. The lowest BCUT2D eigenvalue weighted by Crippen LogP contribution is -2.39. The van der Waals surface area contributed by atoms with Crippen LogP contribution in [0, 0.1) is 0 Å². The summed E-state index contributed by atoms with van der Waals surface area (Å²) in [5, 5.41) is 15.3. The van der Waals surface area contributed by atoms with E-state index in [0.29, 0.717) is 6.61 Å². The average molecular weight is 450 g/mol. The summed E-state index contributed by atoms with van der Waals surface area (Å²) in [6, 6.07) is 0. The first-order valence-electron chi connectivity index (χ1n) is 8.78. The molecule has 0 atom stereocenters. The van der Waals surface area contributed by atoms with Gasteiger partial charge in [-0.15, -0.1) is 34.2 Å². The van der Waals surface area contributed by atoms with E-state index in [4.69, 9.17) is 4.74 Å². The zero-order chi connectivity index (χ0) is 16.3. The molecule has 1 aromatic rings. The number of nitrogens with one attached hydrogen (secondary N) is 2. The fourth-order valence-electron chi connectivity index (χ4n) is 2.79. The lowest BCUT2D eigenvalue weighted by Gasteiger charge is -2.12. The van der Waals surface area contributed by atoms with Gasteiger partial charge in [0.15, 0.2) is 5.96 Å². The van der Waals surface area contributed by atoms with Crippen LogP contribution in [0.2, 0.25) is 0 Å². The van der Waals surface area contributed by atoms with Crippen LogP contribution >= 0.6 is 24.0 Å². The van der Waals surface area contributed by atoms with Crippen molar-refractivity contribution in [3.63, 3.8) is 0 Å². The standard InChI is InChI=1S/C16H30N6O.HI/c1-3-23-13-11-19-16(17-2)18-10-7-9-15-21-20-14-8-5-4-6-12-22(14)15;/h3-13H2,1-2H3,(H2,17,18,19);1H. The smallest absolute Gasteiger partial charge is 0.191 e. The van der Waals surface area contributed by atoms with E-state index in [0.717, 1.165) is 57.3 Å². The largest absolute Gasteiger partial charge is 0.380 e. The highest BCUT2D eigenvalue weighted by atomic mass is 127. The maximum Gasteiger partial charge on any atom is 0.191 e. The predicted octanol–water partition coefficient (Wildman–Crippen LogP) is 1.76. The summed E-state index contributed by atoms with van der Waals surface area (Å²) >= 11 is 0. The molecule has 0 fully saturated rings. The molecule has 0 saturated carbocycles. The van der Waals surface area contributed by atoms with Crippen LogP contribution in [0.5, 0.6) is 0 Å². The molecule has 138 valence electrons. The monoisotopic (exact) mass is 450 g/mol. The van der Waals surface area contributed by atoms with Crippen LogP contribution < -0.4 is 10.6 Å². The molecule has 0 saturated heterocycles. The Bertz CT molecular complexity index is 491. The van der Waals surface area contributed by atoms with E-state index in [9.17, 15) is 0 Å². The van der Waals surface area contributed by atoms with E-state index in [-0.39, 0.29) is 24.0 Å². The van der Waals surface area contributed by atoms with Crippen LogP contribution in [-0.4, -0.2) is 54.1 Å². The first-order valence-corrected chi connectivity index (χ1v) is 8.78. The molecule has 0 spiro atoms. The molecule has 2 rings (SSSR count). The molecule has 0 bridgehead atoms. The third kappa shape index (κ3) is 6.92. The van der Waals surface area contributed by atoms with Crippen LogP contribution in [0.4, 0.5) is 0 Å². The van der Waals surface area contributed by atoms with Gasteiger partial charge in [-0.05, 0) is 26.2 Å². The van der Waals surface area contributed by atoms with E-state index < -0.39 is 0 Å². The van der Waals surface area contributed by atoms with Gasteiger partial charge in [-0.25, -0.2) is 0 Å². The molecule has 0 amide bonds. The summed E-state index contributed by atoms with van der Waals surface area (Å²) in [5.74, 6) is 3.12. The number of fused-ring (bicyclic) bond motifs is 1.